The predicted molar refractivity (Wildman–Crippen MR) is 87.3 cm³/mol. The van der Waals surface area contributed by atoms with Gasteiger partial charge >= 0.3 is 29.6 Å². The summed E-state index contributed by atoms with van der Waals surface area (Å²) in [5, 5.41) is 0. The molecule has 5 nitrogen and oxygen atoms in total. The summed E-state index contributed by atoms with van der Waals surface area (Å²) in [4.78, 5) is 0. The summed E-state index contributed by atoms with van der Waals surface area (Å²) in [7, 11) is -4.69. The van der Waals surface area contributed by atoms with Crippen LogP contribution in [0.3, 0.4) is 0 Å². The summed E-state index contributed by atoms with van der Waals surface area (Å²) >= 11 is 0. The molecule has 0 aromatic rings. The van der Waals surface area contributed by atoms with Crippen molar-refractivity contribution >= 4 is 10.4 Å². The van der Waals surface area contributed by atoms with Crippen molar-refractivity contribution in [1.29, 1.82) is 0 Å². The Labute approximate surface area is 165 Å². The molecule has 0 saturated carbocycles. The fraction of sp³-hybridized carbons (Fsp3) is 1.00. The topological polar surface area (TPSA) is 75.7 Å². The van der Waals surface area contributed by atoms with Gasteiger partial charge in [0, 0.05) is 6.61 Å². The molecule has 0 aliphatic carbocycles. The quantitative estimate of drug-likeness (QED) is 0.137. The molecule has 0 aliphatic rings. The van der Waals surface area contributed by atoms with Crippen LogP contribution >= 0.6 is 0 Å². The van der Waals surface area contributed by atoms with Crippen LogP contribution < -0.4 is 29.6 Å². The summed E-state index contributed by atoms with van der Waals surface area (Å²) in [6.45, 7) is 4.31. The van der Waals surface area contributed by atoms with Gasteiger partial charge in [0.05, 0.1) is 0 Å². The second-order valence-electron chi connectivity index (χ2n) is 5.71. The molecule has 1 unspecified atom stereocenters. The first-order valence-corrected chi connectivity index (χ1v) is 10.1. The molecule has 0 heterocycles. The van der Waals surface area contributed by atoms with E-state index in [-0.39, 0.29) is 29.6 Å². The molecule has 0 aromatic carbocycles. The van der Waals surface area contributed by atoms with Gasteiger partial charge < -0.3 is 9.29 Å². The monoisotopic (exact) mass is 360 g/mol. The van der Waals surface area contributed by atoms with Gasteiger partial charge in [-0.2, -0.15) is 0 Å². The first-order chi connectivity index (χ1) is 10.5. The molecule has 0 radical (unpaired) electrons. The fourth-order valence-electron chi connectivity index (χ4n) is 2.45. The third-order valence-electron chi connectivity index (χ3n) is 3.62. The molecule has 0 rings (SSSR count). The van der Waals surface area contributed by atoms with Crippen molar-refractivity contribution in [2.24, 2.45) is 0 Å². The van der Waals surface area contributed by atoms with Crippen molar-refractivity contribution in [2.45, 2.75) is 97.2 Å². The summed E-state index contributed by atoms with van der Waals surface area (Å²) < 4.78 is 41.2. The van der Waals surface area contributed by atoms with Crippen molar-refractivity contribution in [1.82, 2.24) is 0 Å². The molecular weight excluding hydrogens is 327 g/mol. The minimum Gasteiger partial charge on any atom is -0.725 e. The number of ether oxygens (including phenoxy) is 1. The summed E-state index contributed by atoms with van der Waals surface area (Å²) in [6.07, 6.45) is 13.0. The van der Waals surface area contributed by atoms with Crippen LogP contribution in [0.1, 0.15) is 90.9 Å². The first kappa shape index (κ1) is 26.1. The van der Waals surface area contributed by atoms with E-state index in [0.717, 1.165) is 19.3 Å². The normalized spacial score (nSPS) is 12.8. The fourth-order valence-corrected chi connectivity index (χ4v) is 2.87. The molecule has 0 aromatic heterocycles. The van der Waals surface area contributed by atoms with Crippen LogP contribution in [0.5, 0.6) is 0 Å². The third kappa shape index (κ3) is 20.8. The second kappa shape index (κ2) is 17.6. The Morgan fingerprint density at radius 2 is 1.26 bits per heavy atom. The summed E-state index contributed by atoms with van der Waals surface area (Å²) in [5.41, 5.74) is 0. The van der Waals surface area contributed by atoms with Gasteiger partial charge in [0.15, 0.2) is 6.29 Å². The minimum absolute atomic E-state index is 0. The van der Waals surface area contributed by atoms with Crippen LogP contribution in [0.25, 0.3) is 0 Å². The molecule has 23 heavy (non-hydrogen) atoms. The zero-order valence-electron chi connectivity index (χ0n) is 15.2. The largest absolute Gasteiger partial charge is 1.00 e. The Morgan fingerprint density at radius 1 is 0.826 bits per heavy atom. The van der Waals surface area contributed by atoms with Gasteiger partial charge in [-0.1, -0.05) is 71.1 Å². The zero-order chi connectivity index (χ0) is 16.7. The van der Waals surface area contributed by atoms with Gasteiger partial charge in [0.25, 0.3) is 0 Å². The molecule has 0 spiro atoms. The maximum absolute atomic E-state index is 10.6. The Hall–Kier alpha value is 0.830. The average molecular weight is 360 g/mol. The number of unbranched alkanes of at least 4 members (excludes halogenated alkanes) is 10. The van der Waals surface area contributed by atoms with E-state index in [4.69, 9.17) is 4.74 Å². The Morgan fingerprint density at radius 3 is 1.65 bits per heavy atom. The van der Waals surface area contributed by atoms with Gasteiger partial charge in [-0.25, -0.2) is 12.6 Å². The number of rotatable bonds is 16. The second-order valence-corrected chi connectivity index (χ2v) is 6.72. The zero-order valence-corrected chi connectivity index (χ0v) is 18.0. The molecule has 0 N–H and O–H groups in total. The van der Waals surface area contributed by atoms with E-state index >= 15 is 0 Å². The van der Waals surface area contributed by atoms with E-state index in [2.05, 4.69) is 11.1 Å². The molecule has 0 bridgehead atoms. The van der Waals surface area contributed by atoms with Crippen LogP contribution in [0.2, 0.25) is 0 Å². The van der Waals surface area contributed by atoms with Gasteiger partial charge in [0.2, 0.25) is 10.4 Å². The predicted octanol–water partition coefficient (Wildman–Crippen LogP) is 1.53. The SMILES string of the molecule is CCCCCCCCCCCCCC(OCC)OS(=O)(=O)[O-].[Na+]. The number of hydrogen-bond donors (Lipinski definition) is 0. The van der Waals surface area contributed by atoms with E-state index in [9.17, 15) is 13.0 Å². The van der Waals surface area contributed by atoms with E-state index < -0.39 is 16.7 Å². The smallest absolute Gasteiger partial charge is 0.725 e. The Balaban J connectivity index is 0. The van der Waals surface area contributed by atoms with E-state index in [1.807, 2.05) is 0 Å². The summed E-state index contributed by atoms with van der Waals surface area (Å²) in [5.74, 6) is 0. The summed E-state index contributed by atoms with van der Waals surface area (Å²) in [6, 6.07) is 0. The maximum Gasteiger partial charge on any atom is 1.00 e. The molecule has 1 atom stereocenters. The maximum atomic E-state index is 10.6. The number of hydrogen-bond acceptors (Lipinski definition) is 5. The van der Waals surface area contributed by atoms with E-state index in [1.165, 1.54) is 51.4 Å². The third-order valence-corrected chi connectivity index (χ3v) is 4.07. The Bertz CT molecular complexity index is 335. The Kier molecular flexibility index (Phi) is 20.0. The van der Waals surface area contributed by atoms with Crippen LogP contribution in [0.4, 0.5) is 0 Å². The van der Waals surface area contributed by atoms with Crippen molar-refractivity contribution in [3.05, 3.63) is 0 Å². The van der Waals surface area contributed by atoms with E-state index in [1.54, 1.807) is 6.92 Å². The van der Waals surface area contributed by atoms with Gasteiger partial charge in [-0.05, 0) is 19.8 Å². The first-order valence-electron chi connectivity index (χ1n) is 8.75. The van der Waals surface area contributed by atoms with Crippen molar-refractivity contribution in [3.8, 4) is 0 Å². The van der Waals surface area contributed by atoms with Crippen LogP contribution in [-0.2, 0) is 19.3 Å². The van der Waals surface area contributed by atoms with Crippen molar-refractivity contribution < 1.29 is 51.4 Å². The molecule has 0 saturated heterocycles. The minimum atomic E-state index is -4.69. The van der Waals surface area contributed by atoms with Crippen LogP contribution in [-0.4, -0.2) is 25.9 Å². The van der Waals surface area contributed by atoms with Gasteiger partial charge in [-0.15, -0.1) is 0 Å². The standard InChI is InChI=1S/C16H34O5S.Na/c1-3-5-6-7-8-9-10-11-12-13-14-15-16(20-4-2)21-22(17,18)19;/h16H,3-15H2,1-2H3,(H,17,18,19);/q;+1/p-1. The van der Waals surface area contributed by atoms with E-state index in [0.29, 0.717) is 13.0 Å². The van der Waals surface area contributed by atoms with Crippen molar-refractivity contribution in [3.63, 3.8) is 0 Å². The molecule has 7 heteroatoms. The molecule has 134 valence electrons. The average Bonchev–Trinajstić information content (AvgIpc) is 2.43. The molecule has 0 amide bonds. The molecular formula is C16H33NaO5S. The van der Waals surface area contributed by atoms with Gasteiger partial charge in [0.1, 0.15) is 0 Å². The van der Waals surface area contributed by atoms with Gasteiger partial charge in [-0.3, -0.25) is 0 Å². The van der Waals surface area contributed by atoms with Crippen LogP contribution in [0, 0.1) is 0 Å². The van der Waals surface area contributed by atoms with Crippen molar-refractivity contribution in [2.75, 3.05) is 6.61 Å². The molecule has 0 fully saturated rings. The molecule has 0 aliphatic heterocycles. The van der Waals surface area contributed by atoms with Crippen LogP contribution in [0.15, 0.2) is 0 Å².